The highest BCUT2D eigenvalue weighted by molar-refractivity contribution is 7.17. The molecule has 2 aromatic carbocycles. The fourth-order valence-electron chi connectivity index (χ4n) is 3.68. The molecule has 3 N–H and O–H groups in total. The number of halogens is 1. The van der Waals surface area contributed by atoms with Gasteiger partial charge in [0.05, 0.1) is 22.6 Å². The number of aromatic nitrogens is 4. The van der Waals surface area contributed by atoms with Gasteiger partial charge in [0.1, 0.15) is 4.88 Å². The van der Waals surface area contributed by atoms with E-state index < -0.39 is 0 Å². The van der Waals surface area contributed by atoms with Crippen LogP contribution in [-0.4, -0.2) is 31.8 Å². The van der Waals surface area contributed by atoms with Gasteiger partial charge in [0.2, 0.25) is 5.95 Å². The molecule has 11 heteroatoms. The van der Waals surface area contributed by atoms with Crippen LogP contribution in [0.3, 0.4) is 0 Å². The number of benzene rings is 2. The number of amides is 2. The Morgan fingerprint density at radius 3 is 2.54 bits per heavy atom. The molecule has 9 nitrogen and oxygen atoms in total. The van der Waals surface area contributed by atoms with Crippen LogP contribution in [0.1, 0.15) is 31.2 Å². The van der Waals surface area contributed by atoms with Crippen LogP contribution in [0.5, 0.6) is 0 Å². The minimum Gasteiger partial charge on any atom is -0.324 e. The van der Waals surface area contributed by atoms with E-state index in [9.17, 15) is 9.59 Å². The van der Waals surface area contributed by atoms with Gasteiger partial charge in [0.25, 0.3) is 11.8 Å². The molecular weight excluding hydrogens is 534 g/mol. The lowest BCUT2D eigenvalue weighted by molar-refractivity contribution is 0.102. The molecule has 2 amide bonds. The molecule has 3 aromatic heterocycles. The summed E-state index contributed by atoms with van der Waals surface area (Å²) in [6.45, 7) is 3.77. The Morgan fingerprint density at radius 1 is 0.872 bits per heavy atom. The summed E-state index contributed by atoms with van der Waals surface area (Å²) in [6.07, 6.45) is 6.50. The third-order valence-corrected chi connectivity index (χ3v) is 7.00. The highest BCUT2D eigenvalue weighted by Gasteiger charge is 2.16. The van der Waals surface area contributed by atoms with E-state index >= 15 is 0 Å². The van der Waals surface area contributed by atoms with Crippen molar-refractivity contribution < 1.29 is 9.59 Å². The summed E-state index contributed by atoms with van der Waals surface area (Å²) in [4.78, 5) is 43.2. The predicted octanol–water partition coefficient (Wildman–Crippen LogP) is 6.51. The first kappa shape index (κ1) is 26.0. The van der Waals surface area contributed by atoms with Gasteiger partial charge in [0, 0.05) is 35.4 Å². The molecule has 0 saturated carbocycles. The molecule has 0 aliphatic heterocycles. The molecule has 5 aromatic rings. The van der Waals surface area contributed by atoms with E-state index in [1.165, 1.54) is 6.20 Å². The Morgan fingerprint density at radius 2 is 1.74 bits per heavy atom. The molecule has 5 rings (SSSR count). The Labute approximate surface area is 233 Å². The fraction of sp³-hybridized carbons (Fsp3) is 0.0714. The highest BCUT2D eigenvalue weighted by Crippen LogP contribution is 2.28. The average molecular weight is 556 g/mol. The maximum Gasteiger partial charge on any atom is 0.267 e. The first-order valence-corrected chi connectivity index (χ1v) is 13.0. The van der Waals surface area contributed by atoms with E-state index in [-0.39, 0.29) is 11.8 Å². The van der Waals surface area contributed by atoms with Crippen molar-refractivity contribution in [1.29, 1.82) is 0 Å². The monoisotopic (exact) mass is 555 g/mol. The van der Waals surface area contributed by atoms with Crippen molar-refractivity contribution in [3.8, 4) is 11.3 Å². The minimum atomic E-state index is -0.369. The smallest absolute Gasteiger partial charge is 0.267 e. The number of anilines is 4. The SMILES string of the molecule is Cc1ccc(C(=O)Nc2ncc(C(=O)Nc3c(C)cccc3Cl)s2)cc1Nc1nccc(-c2cccnc2)n1. The van der Waals surface area contributed by atoms with Crippen LogP contribution in [0.4, 0.5) is 22.5 Å². The summed E-state index contributed by atoms with van der Waals surface area (Å²) in [7, 11) is 0. The zero-order chi connectivity index (χ0) is 27.4. The second-order valence-corrected chi connectivity index (χ2v) is 9.97. The first-order valence-electron chi connectivity index (χ1n) is 11.8. The van der Waals surface area contributed by atoms with Crippen molar-refractivity contribution in [3.63, 3.8) is 0 Å². The number of thiazole rings is 1. The molecule has 0 radical (unpaired) electrons. The van der Waals surface area contributed by atoms with Gasteiger partial charge in [-0.15, -0.1) is 0 Å². The quantitative estimate of drug-likeness (QED) is 0.209. The first-order chi connectivity index (χ1) is 18.9. The van der Waals surface area contributed by atoms with E-state index in [2.05, 4.69) is 35.9 Å². The molecule has 0 bridgehead atoms. The normalized spacial score (nSPS) is 10.6. The number of carbonyl (C=O) groups excluding carboxylic acids is 2. The number of para-hydroxylation sites is 1. The van der Waals surface area contributed by atoms with Crippen LogP contribution < -0.4 is 16.0 Å². The third kappa shape index (κ3) is 6.08. The van der Waals surface area contributed by atoms with Gasteiger partial charge in [-0.05, 0) is 61.4 Å². The van der Waals surface area contributed by atoms with E-state index in [0.717, 1.165) is 33.7 Å². The fourth-order valence-corrected chi connectivity index (χ4v) is 4.66. The summed E-state index contributed by atoms with van der Waals surface area (Å²) in [5, 5.41) is 9.50. The van der Waals surface area contributed by atoms with E-state index in [1.807, 2.05) is 44.2 Å². The number of hydrogen-bond donors (Lipinski definition) is 3. The van der Waals surface area contributed by atoms with Crippen molar-refractivity contribution in [2.45, 2.75) is 13.8 Å². The van der Waals surface area contributed by atoms with Crippen LogP contribution >= 0.6 is 22.9 Å². The summed E-state index contributed by atoms with van der Waals surface area (Å²) in [5.41, 5.74) is 4.96. The standard InChI is InChI=1S/C28H22ClN7O2S/c1-16-8-9-18(13-22(16)34-27-31-12-10-21(33-27)19-6-4-11-30-14-19)25(37)36-28-32-15-23(39-28)26(38)35-24-17(2)5-3-7-20(24)29/h3-15H,1-2H3,(H,35,38)(H,31,33,34)(H,32,36,37). The van der Waals surface area contributed by atoms with Gasteiger partial charge in [-0.2, -0.15) is 0 Å². The predicted molar refractivity (Wildman–Crippen MR) is 154 cm³/mol. The Hall–Kier alpha value is -4.67. The topological polar surface area (TPSA) is 122 Å². The largest absolute Gasteiger partial charge is 0.324 e. The summed E-state index contributed by atoms with van der Waals surface area (Å²) in [5.74, 6) is -0.341. The molecule has 0 aliphatic rings. The van der Waals surface area contributed by atoms with E-state index in [1.54, 1.807) is 42.9 Å². The minimum absolute atomic E-state index is 0.295. The molecule has 39 heavy (non-hydrogen) atoms. The highest BCUT2D eigenvalue weighted by atomic mass is 35.5. The zero-order valence-electron chi connectivity index (χ0n) is 20.9. The van der Waals surface area contributed by atoms with E-state index in [0.29, 0.717) is 37.9 Å². The molecular formula is C28H22ClN7O2S. The lowest BCUT2D eigenvalue weighted by Gasteiger charge is -2.11. The van der Waals surface area contributed by atoms with Gasteiger partial charge in [0.15, 0.2) is 5.13 Å². The molecule has 0 atom stereocenters. The van der Waals surface area contributed by atoms with Gasteiger partial charge >= 0.3 is 0 Å². The summed E-state index contributed by atoms with van der Waals surface area (Å²) < 4.78 is 0. The lowest BCUT2D eigenvalue weighted by atomic mass is 10.1. The third-order valence-electron chi connectivity index (χ3n) is 5.77. The molecule has 194 valence electrons. The summed E-state index contributed by atoms with van der Waals surface area (Å²) >= 11 is 7.28. The zero-order valence-corrected chi connectivity index (χ0v) is 22.5. The second kappa shape index (κ2) is 11.4. The molecule has 0 spiro atoms. The van der Waals surface area contributed by atoms with Gasteiger partial charge < -0.3 is 10.6 Å². The van der Waals surface area contributed by atoms with Crippen LogP contribution in [-0.2, 0) is 0 Å². The molecule has 0 unspecified atom stereocenters. The van der Waals surface area contributed by atoms with Crippen molar-refractivity contribution in [1.82, 2.24) is 19.9 Å². The van der Waals surface area contributed by atoms with Gasteiger partial charge in [-0.25, -0.2) is 15.0 Å². The number of pyridine rings is 1. The van der Waals surface area contributed by atoms with E-state index in [4.69, 9.17) is 11.6 Å². The van der Waals surface area contributed by atoms with Crippen LogP contribution in [0.15, 0.2) is 79.4 Å². The average Bonchev–Trinajstić information content (AvgIpc) is 3.41. The van der Waals surface area contributed by atoms with Crippen molar-refractivity contribution >= 4 is 57.2 Å². The maximum atomic E-state index is 13.0. The van der Waals surface area contributed by atoms with Crippen molar-refractivity contribution in [3.05, 3.63) is 106 Å². The molecule has 0 saturated heterocycles. The molecule has 0 aliphatic carbocycles. The number of carbonyl (C=O) groups is 2. The number of nitrogens with zero attached hydrogens (tertiary/aromatic N) is 4. The Balaban J connectivity index is 1.28. The molecule has 3 heterocycles. The van der Waals surface area contributed by atoms with Crippen LogP contribution in [0, 0.1) is 13.8 Å². The number of hydrogen-bond acceptors (Lipinski definition) is 8. The van der Waals surface area contributed by atoms with Crippen LogP contribution in [0.2, 0.25) is 5.02 Å². The Kier molecular flexibility index (Phi) is 7.57. The van der Waals surface area contributed by atoms with Gasteiger partial charge in [-0.1, -0.05) is 41.1 Å². The summed E-state index contributed by atoms with van der Waals surface area (Å²) in [6, 6.07) is 16.2. The van der Waals surface area contributed by atoms with Gasteiger partial charge in [-0.3, -0.25) is 19.9 Å². The second-order valence-electron chi connectivity index (χ2n) is 8.53. The number of nitrogens with one attached hydrogen (secondary N) is 3. The van der Waals surface area contributed by atoms with Crippen molar-refractivity contribution in [2.24, 2.45) is 0 Å². The Bertz CT molecular complexity index is 1650. The van der Waals surface area contributed by atoms with Crippen LogP contribution in [0.25, 0.3) is 11.3 Å². The lowest BCUT2D eigenvalue weighted by Crippen LogP contribution is -2.12. The number of rotatable bonds is 7. The maximum absolute atomic E-state index is 13.0. The number of aryl methyl sites for hydroxylation is 2. The van der Waals surface area contributed by atoms with Crippen molar-refractivity contribution in [2.75, 3.05) is 16.0 Å². The molecule has 0 fully saturated rings.